The van der Waals surface area contributed by atoms with Gasteiger partial charge in [-0.2, -0.15) is 5.10 Å². The SMILES string of the molecule is Clc1ccc(CN/N=C\c2cn(Cc3cccc(Cl)c3)c3ccccc23)cc1. The highest BCUT2D eigenvalue weighted by atomic mass is 35.5. The minimum absolute atomic E-state index is 0.648. The zero-order chi connectivity index (χ0) is 19.3. The molecular weight excluding hydrogens is 389 g/mol. The van der Waals surface area contributed by atoms with Gasteiger partial charge in [0, 0.05) is 39.3 Å². The molecule has 3 nitrogen and oxygen atoms in total. The van der Waals surface area contributed by atoms with Crippen LogP contribution in [0.5, 0.6) is 0 Å². The molecule has 1 N–H and O–H groups in total. The third-order valence-corrected chi connectivity index (χ3v) is 5.04. The lowest BCUT2D eigenvalue weighted by Crippen LogP contribution is -2.05. The van der Waals surface area contributed by atoms with Crippen LogP contribution < -0.4 is 5.43 Å². The Balaban J connectivity index is 1.53. The van der Waals surface area contributed by atoms with Crippen LogP contribution in [0, 0.1) is 0 Å². The van der Waals surface area contributed by atoms with Crippen LogP contribution in [-0.2, 0) is 13.1 Å². The summed E-state index contributed by atoms with van der Waals surface area (Å²) in [6.07, 6.45) is 3.99. The molecule has 140 valence electrons. The number of fused-ring (bicyclic) bond motifs is 1. The first-order valence-electron chi connectivity index (χ1n) is 9.02. The molecule has 1 heterocycles. The molecule has 0 fully saturated rings. The van der Waals surface area contributed by atoms with E-state index in [0.717, 1.165) is 33.3 Å². The zero-order valence-electron chi connectivity index (χ0n) is 15.1. The monoisotopic (exact) mass is 407 g/mol. The maximum Gasteiger partial charge on any atom is 0.0580 e. The third-order valence-electron chi connectivity index (χ3n) is 4.55. The Morgan fingerprint density at radius 2 is 1.68 bits per heavy atom. The second kappa shape index (κ2) is 8.51. The van der Waals surface area contributed by atoms with Crippen molar-refractivity contribution in [1.29, 1.82) is 0 Å². The molecule has 4 rings (SSSR count). The summed E-state index contributed by atoms with van der Waals surface area (Å²) in [5.41, 5.74) is 7.63. The van der Waals surface area contributed by atoms with E-state index in [1.54, 1.807) is 0 Å². The summed E-state index contributed by atoms with van der Waals surface area (Å²) in [6, 6.07) is 24.0. The van der Waals surface area contributed by atoms with E-state index in [0.29, 0.717) is 6.54 Å². The van der Waals surface area contributed by atoms with Crippen molar-refractivity contribution in [2.75, 3.05) is 0 Å². The summed E-state index contributed by atoms with van der Waals surface area (Å²) in [7, 11) is 0. The number of aromatic nitrogens is 1. The highest BCUT2D eigenvalue weighted by molar-refractivity contribution is 6.30. The van der Waals surface area contributed by atoms with Crippen molar-refractivity contribution in [3.8, 4) is 0 Å². The summed E-state index contributed by atoms with van der Waals surface area (Å²) in [5.74, 6) is 0. The molecule has 0 bridgehead atoms. The minimum atomic E-state index is 0.648. The third kappa shape index (κ3) is 4.38. The maximum atomic E-state index is 6.13. The topological polar surface area (TPSA) is 29.3 Å². The molecule has 28 heavy (non-hydrogen) atoms. The van der Waals surface area contributed by atoms with E-state index in [2.05, 4.69) is 45.6 Å². The van der Waals surface area contributed by atoms with Gasteiger partial charge in [-0.05, 0) is 41.5 Å². The molecule has 0 unspecified atom stereocenters. The molecule has 0 saturated carbocycles. The number of nitrogens with one attached hydrogen (secondary N) is 1. The second-order valence-electron chi connectivity index (χ2n) is 6.58. The van der Waals surface area contributed by atoms with E-state index < -0.39 is 0 Å². The molecule has 0 radical (unpaired) electrons. The van der Waals surface area contributed by atoms with Gasteiger partial charge in [-0.15, -0.1) is 0 Å². The number of rotatable bonds is 6. The Bertz CT molecular complexity index is 1110. The van der Waals surface area contributed by atoms with Gasteiger partial charge in [0.15, 0.2) is 0 Å². The summed E-state index contributed by atoms with van der Waals surface area (Å²) in [5, 5.41) is 7.06. The molecule has 5 heteroatoms. The second-order valence-corrected chi connectivity index (χ2v) is 7.45. The molecule has 0 aliphatic rings. The molecular formula is C23H19Cl2N3. The lowest BCUT2D eigenvalue weighted by molar-refractivity contribution is 0.748. The standard InChI is InChI=1S/C23H19Cl2N3/c24-20-10-8-17(9-11-20)13-26-27-14-19-16-28(23-7-2-1-6-22(19)23)15-18-4-3-5-21(25)12-18/h1-12,14,16,26H,13,15H2/b27-14-. The average Bonchev–Trinajstić information content (AvgIpc) is 3.04. The van der Waals surface area contributed by atoms with E-state index in [-0.39, 0.29) is 0 Å². The fourth-order valence-corrected chi connectivity index (χ4v) is 3.53. The van der Waals surface area contributed by atoms with Gasteiger partial charge in [0.05, 0.1) is 12.8 Å². The summed E-state index contributed by atoms with van der Waals surface area (Å²) in [4.78, 5) is 0. The first-order chi connectivity index (χ1) is 13.7. The highest BCUT2D eigenvalue weighted by Crippen LogP contribution is 2.22. The fraction of sp³-hybridized carbons (Fsp3) is 0.0870. The van der Waals surface area contributed by atoms with Crippen molar-refractivity contribution in [2.45, 2.75) is 13.1 Å². The van der Waals surface area contributed by atoms with Gasteiger partial charge >= 0.3 is 0 Å². The van der Waals surface area contributed by atoms with Crippen LogP contribution in [0.4, 0.5) is 0 Å². The smallest absolute Gasteiger partial charge is 0.0580 e. The molecule has 4 aromatic rings. The van der Waals surface area contributed by atoms with Crippen molar-refractivity contribution in [3.05, 3.63) is 106 Å². The average molecular weight is 408 g/mol. The van der Waals surface area contributed by atoms with Crippen LogP contribution in [0.3, 0.4) is 0 Å². The number of benzene rings is 3. The molecule has 0 amide bonds. The molecule has 0 spiro atoms. The molecule has 3 aromatic carbocycles. The van der Waals surface area contributed by atoms with Crippen molar-refractivity contribution in [1.82, 2.24) is 9.99 Å². The fourth-order valence-electron chi connectivity index (χ4n) is 3.20. The van der Waals surface area contributed by atoms with E-state index >= 15 is 0 Å². The number of halogens is 2. The normalized spacial score (nSPS) is 11.4. The van der Waals surface area contributed by atoms with Gasteiger partial charge < -0.3 is 9.99 Å². The van der Waals surface area contributed by atoms with Crippen LogP contribution in [-0.4, -0.2) is 10.8 Å². The predicted octanol–water partition coefficient (Wildman–Crippen LogP) is 6.12. The number of hydrogen-bond donors (Lipinski definition) is 1. The van der Waals surface area contributed by atoms with Gasteiger partial charge in [0.1, 0.15) is 0 Å². The molecule has 0 aliphatic heterocycles. The maximum absolute atomic E-state index is 6.13. The van der Waals surface area contributed by atoms with E-state index in [1.165, 1.54) is 10.9 Å². The largest absolute Gasteiger partial charge is 0.342 e. The summed E-state index contributed by atoms with van der Waals surface area (Å²) in [6.45, 7) is 1.40. The highest BCUT2D eigenvalue weighted by Gasteiger charge is 2.07. The van der Waals surface area contributed by atoms with Crippen molar-refractivity contribution in [3.63, 3.8) is 0 Å². The first kappa shape index (κ1) is 18.6. The van der Waals surface area contributed by atoms with Gasteiger partial charge in [0.2, 0.25) is 0 Å². The van der Waals surface area contributed by atoms with E-state index in [1.807, 2.05) is 54.7 Å². The Labute approximate surface area is 174 Å². The van der Waals surface area contributed by atoms with Crippen LogP contribution >= 0.6 is 23.2 Å². The summed E-state index contributed by atoms with van der Waals surface area (Å²) < 4.78 is 2.22. The molecule has 0 saturated heterocycles. The Morgan fingerprint density at radius 3 is 2.50 bits per heavy atom. The number of hydrogen-bond acceptors (Lipinski definition) is 2. The lowest BCUT2D eigenvalue weighted by Gasteiger charge is -2.05. The Morgan fingerprint density at radius 1 is 0.857 bits per heavy atom. The Hall–Kier alpha value is -2.75. The Kier molecular flexibility index (Phi) is 5.65. The molecule has 0 atom stereocenters. The van der Waals surface area contributed by atoms with Crippen molar-refractivity contribution in [2.24, 2.45) is 5.10 Å². The minimum Gasteiger partial charge on any atom is -0.342 e. The molecule has 1 aromatic heterocycles. The van der Waals surface area contributed by atoms with Crippen LogP contribution in [0.15, 0.2) is 84.1 Å². The van der Waals surface area contributed by atoms with Crippen molar-refractivity contribution >= 4 is 40.3 Å². The van der Waals surface area contributed by atoms with Crippen molar-refractivity contribution < 1.29 is 0 Å². The summed E-state index contributed by atoms with van der Waals surface area (Å²) >= 11 is 12.0. The predicted molar refractivity (Wildman–Crippen MR) is 118 cm³/mol. The van der Waals surface area contributed by atoms with Gasteiger partial charge in [-0.25, -0.2) is 0 Å². The van der Waals surface area contributed by atoms with E-state index in [9.17, 15) is 0 Å². The first-order valence-corrected chi connectivity index (χ1v) is 9.77. The van der Waals surface area contributed by atoms with Crippen LogP contribution in [0.25, 0.3) is 10.9 Å². The zero-order valence-corrected chi connectivity index (χ0v) is 16.7. The lowest BCUT2D eigenvalue weighted by atomic mass is 10.2. The van der Waals surface area contributed by atoms with Crippen LogP contribution in [0.1, 0.15) is 16.7 Å². The number of para-hydroxylation sites is 1. The van der Waals surface area contributed by atoms with Crippen LogP contribution in [0.2, 0.25) is 10.0 Å². The quantitative estimate of drug-likeness (QED) is 0.302. The van der Waals surface area contributed by atoms with E-state index in [4.69, 9.17) is 23.2 Å². The van der Waals surface area contributed by atoms with Gasteiger partial charge in [-0.1, -0.05) is 65.7 Å². The number of nitrogens with zero attached hydrogens (tertiary/aromatic N) is 2. The number of hydrazone groups is 1. The molecule has 0 aliphatic carbocycles. The van der Waals surface area contributed by atoms with Gasteiger partial charge in [-0.3, -0.25) is 0 Å². The van der Waals surface area contributed by atoms with Gasteiger partial charge in [0.25, 0.3) is 0 Å².